The lowest BCUT2D eigenvalue weighted by molar-refractivity contribution is -0.124. The van der Waals surface area contributed by atoms with Crippen LogP contribution < -0.4 is 15.5 Å². The number of allylic oxidation sites excluding steroid dienone is 1. The Balaban J connectivity index is -0.000000469. The molecule has 2 amide bonds. The molecule has 8 nitrogen and oxygen atoms in total. The fraction of sp³-hybridized carbons (Fsp3) is 0.613. The van der Waals surface area contributed by atoms with Gasteiger partial charge in [-0.15, -0.1) is 11.6 Å². The van der Waals surface area contributed by atoms with Gasteiger partial charge in [0.25, 0.3) is 5.91 Å². The van der Waals surface area contributed by atoms with Crippen LogP contribution in [0.15, 0.2) is 30.5 Å². The Bertz CT molecular complexity index is 798. The van der Waals surface area contributed by atoms with Crippen LogP contribution in [0.2, 0.25) is 0 Å². The lowest BCUT2D eigenvalue weighted by Gasteiger charge is -2.30. The van der Waals surface area contributed by atoms with Gasteiger partial charge in [-0.05, 0) is 37.7 Å². The SMILES string of the molecule is CC.CC.CC.CC.CC=CNC(=O)C(CCC)N(C)C(=O)c1ccc(N2CCNCC2)cc1C=O.O=CCCl. The minimum Gasteiger partial charge on any atom is -0.369 e. The van der Waals surface area contributed by atoms with E-state index in [0.29, 0.717) is 30.1 Å². The Morgan fingerprint density at radius 1 is 1.05 bits per heavy atom. The number of halogens is 1. The molecule has 1 heterocycles. The quantitative estimate of drug-likeness (QED) is 0.260. The maximum absolute atomic E-state index is 13.1. The van der Waals surface area contributed by atoms with E-state index in [1.54, 1.807) is 38.4 Å². The molecule has 1 aliphatic heterocycles. The average Bonchev–Trinajstić information content (AvgIpc) is 3.05. The molecule has 9 heteroatoms. The van der Waals surface area contributed by atoms with Crippen molar-refractivity contribution in [1.82, 2.24) is 15.5 Å². The number of aldehydes is 2. The number of hydrogen-bond acceptors (Lipinski definition) is 6. The molecule has 1 saturated heterocycles. The largest absolute Gasteiger partial charge is 0.369 e. The Morgan fingerprint density at radius 2 is 1.57 bits per heavy atom. The molecule has 1 atom stereocenters. The second-order valence-electron chi connectivity index (χ2n) is 7.18. The van der Waals surface area contributed by atoms with Crippen molar-refractivity contribution in [3.05, 3.63) is 41.6 Å². The first-order valence-corrected chi connectivity index (χ1v) is 15.2. The van der Waals surface area contributed by atoms with Crippen LogP contribution in [0.4, 0.5) is 5.69 Å². The van der Waals surface area contributed by atoms with Crippen LogP contribution in [0.1, 0.15) is 103 Å². The summed E-state index contributed by atoms with van der Waals surface area (Å²) in [6, 6.07) is 4.72. The average molecular weight is 585 g/mol. The van der Waals surface area contributed by atoms with E-state index in [2.05, 4.69) is 15.5 Å². The number of benzene rings is 1. The van der Waals surface area contributed by atoms with Crippen LogP contribution in [0.3, 0.4) is 0 Å². The van der Waals surface area contributed by atoms with Gasteiger partial charge in [-0.1, -0.05) is 74.8 Å². The summed E-state index contributed by atoms with van der Waals surface area (Å²) < 4.78 is 0. The molecule has 1 aliphatic rings. The zero-order valence-corrected chi connectivity index (χ0v) is 27.7. The third-order valence-corrected chi connectivity index (χ3v) is 5.11. The number of alkyl halides is 1. The molecule has 0 bridgehead atoms. The van der Waals surface area contributed by atoms with Crippen molar-refractivity contribution < 1.29 is 19.2 Å². The predicted molar refractivity (Wildman–Crippen MR) is 173 cm³/mol. The maximum atomic E-state index is 13.1. The van der Waals surface area contributed by atoms with Crippen molar-refractivity contribution in [2.45, 2.75) is 88.1 Å². The number of anilines is 1. The van der Waals surface area contributed by atoms with E-state index < -0.39 is 6.04 Å². The van der Waals surface area contributed by atoms with Crippen molar-refractivity contribution in [3.63, 3.8) is 0 Å². The number of amides is 2. The topological polar surface area (TPSA) is 98.8 Å². The summed E-state index contributed by atoms with van der Waals surface area (Å²) in [6.45, 7) is 23.3. The highest BCUT2D eigenvalue weighted by molar-refractivity contribution is 6.24. The molecule has 0 spiro atoms. The fourth-order valence-corrected chi connectivity index (χ4v) is 3.33. The van der Waals surface area contributed by atoms with Gasteiger partial charge < -0.3 is 25.2 Å². The maximum Gasteiger partial charge on any atom is 0.255 e. The second kappa shape index (κ2) is 32.5. The van der Waals surface area contributed by atoms with Gasteiger partial charge in [0.1, 0.15) is 12.3 Å². The Hall–Kier alpha value is -2.71. The van der Waals surface area contributed by atoms with E-state index in [0.717, 1.165) is 38.3 Å². The van der Waals surface area contributed by atoms with Gasteiger partial charge in [-0.2, -0.15) is 0 Å². The summed E-state index contributed by atoms with van der Waals surface area (Å²) in [5.74, 6) is -0.455. The first-order chi connectivity index (χ1) is 19.4. The van der Waals surface area contributed by atoms with Crippen LogP contribution in [0.5, 0.6) is 0 Å². The summed E-state index contributed by atoms with van der Waals surface area (Å²) in [5, 5.41) is 5.98. The smallest absolute Gasteiger partial charge is 0.255 e. The molecule has 1 aromatic carbocycles. The second-order valence-corrected chi connectivity index (χ2v) is 7.49. The normalized spacial score (nSPS) is 11.9. The third-order valence-electron chi connectivity index (χ3n) is 4.98. The van der Waals surface area contributed by atoms with Crippen LogP contribution >= 0.6 is 11.6 Å². The van der Waals surface area contributed by atoms with E-state index in [1.807, 2.05) is 68.4 Å². The molecule has 0 saturated carbocycles. The molecule has 2 N–H and O–H groups in total. The van der Waals surface area contributed by atoms with Crippen molar-refractivity contribution >= 4 is 41.7 Å². The molecular formula is C31H57ClN4O4. The van der Waals surface area contributed by atoms with Gasteiger partial charge in [0.2, 0.25) is 5.91 Å². The zero-order chi connectivity index (χ0) is 31.9. The summed E-state index contributed by atoms with van der Waals surface area (Å²) in [5.41, 5.74) is 1.59. The van der Waals surface area contributed by atoms with Crippen molar-refractivity contribution in [2.24, 2.45) is 0 Å². The summed E-state index contributed by atoms with van der Waals surface area (Å²) >= 11 is 4.82. The van der Waals surface area contributed by atoms with Crippen LogP contribution in [0.25, 0.3) is 0 Å². The molecule has 2 rings (SSSR count). The lowest BCUT2D eigenvalue weighted by Crippen LogP contribution is -2.46. The zero-order valence-electron chi connectivity index (χ0n) is 27.0. The molecule has 232 valence electrons. The summed E-state index contributed by atoms with van der Waals surface area (Å²) in [4.78, 5) is 49.8. The number of rotatable bonds is 9. The molecule has 1 aromatic rings. The van der Waals surface area contributed by atoms with Gasteiger partial charge in [0, 0.05) is 44.5 Å². The number of nitrogens with zero attached hydrogens (tertiary/aromatic N) is 2. The highest BCUT2D eigenvalue weighted by Crippen LogP contribution is 2.21. The van der Waals surface area contributed by atoms with Gasteiger partial charge in [-0.25, -0.2) is 0 Å². The Labute approximate surface area is 249 Å². The van der Waals surface area contributed by atoms with E-state index in [-0.39, 0.29) is 17.7 Å². The first-order valence-electron chi connectivity index (χ1n) is 14.7. The first kappa shape index (κ1) is 44.3. The number of nitrogens with one attached hydrogen (secondary N) is 2. The number of hydrogen-bond donors (Lipinski definition) is 2. The Morgan fingerprint density at radius 3 is 2.00 bits per heavy atom. The molecule has 0 radical (unpaired) electrons. The summed E-state index contributed by atoms with van der Waals surface area (Å²) in [6.07, 6.45) is 5.93. The summed E-state index contributed by atoms with van der Waals surface area (Å²) in [7, 11) is 1.61. The minimum atomic E-state index is -0.596. The molecule has 1 unspecified atom stereocenters. The van der Waals surface area contributed by atoms with E-state index >= 15 is 0 Å². The molecule has 0 aliphatic carbocycles. The predicted octanol–water partition coefficient (Wildman–Crippen LogP) is 6.33. The minimum absolute atomic E-state index is 0.111. The molecule has 1 fully saturated rings. The number of carbonyl (C=O) groups is 4. The number of piperazine rings is 1. The highest BCUT2D eigenvalue weighted by Gasteiger charge is 2.28. The van der Waals surface area contributed by atoms with Crippen LogP contribution in [-0.4, -0.2) is 74.4 Å². The van der Waals surface area contributed by atoms with Crippen molar-refractivity contribution in [2.75, 3.05) is 44.0 Å². The Kier molecular flexibility index (Phi) is 36.0. The van der Waals surface area contributed by atoms with E-state index in [4.69, 9.17) is 16.4 Å². The number of carbonyl (C=O) groups excluding carboxylic acids is 4. The lowest BCUT2D eigenvalue weighted by atomic mass is 10.0. The van der Waals surface area contributed by atoms with Gasteiger partial charge in [0.05, 0.1) is 11.4 Å². The van der Waals surface area contributed by atoms with Gasteiger partial charge in [-0.3, -0.25) is 14.4 Å². The third kappa shape index (κ3) is 17.8. The highest BCUT2D eigenvalue weighted by atomic mass is 35.5. The van der Waals surface area contributed by atoms with Crippen LogP contribution in [0, 0.1) is 0 Å². The number of likely N-dealkylation sites (N-methyl/N-ethyl adjacent to an activating group) is 1. The van der Waals surface area contributed by atoms with Crippen molar-refractivity contribution in [3.8, 4) is 0 Å². The molecular weight excluding hydrogens is 528 g/mol. The van der Waals surface area contributed by atoms with Gasteiger partial charge >= 0.3 is 0 Å². The van der Waals surface area contributed by atoms with Crippen molar-refractivity contribution in [1.29, 1.82) is 0 Å². The van der Waals surface area contributed by atoms with Crippen LogP contribution in [-0.2, 0) is 9.59 Å². The molecule has 40 heavy (non-hydrogen) atoms. The van der Waals surface area contributed by atoms with E-state index in [9.17, 15) is 14.4 Å². The standard InChI is InChI=1S/C21H30N4O3.C2H3ClO.4C2H6/c1-4-6-19(20(27)23-9-5-2)24(3)21(28)18-8-7-17(14-16(18)15-26)25-12-10-22-11-13-25;3-1-2-4;4*1-2/h5,7-9,14-15,19,22H,4,6,10-13H2,1-3H3,(H,23,27);2H,1H2;4*1-2H3. The monoisotopic (exact) mass is 584 g/mol. The molecule has 0 aromatic heterocycles. The fourth-order valence-electron chi connectivity index (χ4n) is 3.33. The van der Waals surface area contributed by atoms with Gasteiger partial charge in [0.15, 0.2) is 6.29 Å². The van der Waals surface area contributed by atoms with E-state index in [1.165, 1.54) is 4.90 Å².